The maximum atomic E-state index is 12.4. The Bertz CT molecular complexity index is 2130. The minimum absolute atomic E-state index is 0.0995. The Morgan fingerprint density at radius 1 is 0.589 bits per heavy atom. The number of thioether (sulfide) groups is 2. The summed E-state index contributed by atoms with van der Waals surface area (Å²) >= 11 is 3.70. The van der Waals surface area contributed by atoms with Crippen molar-refractivity contribution in [3.05, 3.63) is 118 Å². The van der Waals surface area contributed by atoms with E-state index in [1.165, 1.54) is 0 Å². The zero-order valence-corrected chi connectivity index (χ0v) is 32.8. The second kappa shape index (κ2) is 19.4. The summed E-state index contributed by atoms with van der Waals surface area (Å²) in [6, 6.07) is 18.8. The molecule has 2 saturated carbocycles. The number of fused-ring (bicyclic) bond motifs is 2. The lowest BCUT2D eigenvalue weighted by Crippen LogP contribution is -2.19. The third-order valence-electron chi connectivity index (χ3n) is 10.4. The van der Waals surface area contributed by atoms with E-state index >= 15 is 0 Å². The number of anilines is 4. The molecule has 292 valence electrons. The number of hydrogen-bond donors (Lipinski definition) is 6. The van der Waals surface area contributed by atoms with Gasteiger partial charge in [0, 0.05) is 47.5 Å². The molecule has 0 spiro atoms. The first-order valence-corrected chi connectivity index (χ1v) is 21.4. The molecule has 0 saturated heterocycles. The molecule has 2 fully saturated rings. The predicted molar refractivity (Wildman–Crippen MR) is 228 cm³/mol. The highest BCUT2D eigenvalue weighted by atomic mass is 32.2. The summed E-state index contributed by atoms with van der Waals surface area (Å²) < 4.78 is 0. The smallest absolute Gasteiger partial charge is 0.258 e. The molecule has 0 bridgehead atoms. The van der Waals surface area contributed by atoms with Gasteiger partial charge in [0.25, 0.3) is 11.1 Å². The highest BCUT2D eigenvalue weighted by Crippen LogP contribution is 2.34. The van der Waals surface area contributed by atoms with Gasteiger partial charge in [-0.25, -0.2) is 9.97 Å². The van der Waals surface area contributed by atoms with Gasteiger partial charge in [-0.05, 0) is 124 Å². The Hall–Kier alpha value is -4.76. The Labute approximate surface area is 333 Å². The van der Waals surface area contributed by atoms with Crippen LogP contribution in [0.3, 0.4) is 0 Å². The Balaban J connectivity index is 0.000000172. The molecule has 56 heavy (non-hydrogen) atoms. The number of nitrogens with one attached hydrogen (secondary N) is 4. The largest absolute Gasteiger partial charge is 0.396 e. The number of aromatic nitrogens is 6. The number of benzene rings is 2. The third kappa shape index (κ3) is 10.8. The first kappa shape index (κ1) is 39.5. The molecule has 2 aliphatic rings. The van der Waals surface area contributed by atoms with E-state index in [1.807, 2.05) is 72.1 Å². The zero-order chi connectivity index (χ0) is 38.7. The molecule has 2 aromatic carbocycles. The van der Waals surface area contributed by atoms with Crippen LogP contribution in [0.5, 0.6) is 0 Å². The molecule has 14 heteroatoms. The average Bonchev–Trinajstić information content (AvgIpc) is 3.23. The number of aliphatic hydroxyl groups excluding tert-OH is 2. The lowest BCUT2D eigenvalue weighted by Gasteiger charge is -2.26. The number of aromatic amines is 2. The van der Waals surface area contributed by atoms with Gasteiger partial charge < -0.3 is 30.8 Å². The van der Waals surface area contributed by atoms with Crippen molar-refractivity contribution in [1.82, 2.24) is 29.9 Å². The SMILES string of the molecule is O=c1[nH]c(CSC2CCC(CO)CC2)nc2cc(Nc3cccnc3)ccc12.O=c1[nH]c(CSC2CCC(CO)CC2)nc2cc(Nc3cccnc3)ccc12. The van der Waals surface area contributed by atoms with E-state index in [2.05, 4.69) is 40.5 Å². The van der Waals surface area contributed by atoms with Crippen LogP contribution in [0.25, 0.3) is 21.8 Å². The lowest BCUT2D eigenvalue weighted by molar-refractivity contribution is 0.192. The van der Waals surface area contributed by atoms with Gasteiger partial charge in [0.15, 0.2) is 0 Å². The quantitative estimate of drug-likeness (QED) is 0.0712. The molecule has 0 amide bonds. The van der Waals surface area contributed by atoms with E-state index in [1.54, 1.807) is 36.9 Å². The fraction of sp³-hybridized carbons (Fsp3) is 0.381. The summed E-state index contributed by atoms with van der Waals surface area (Å²) in [4.78, 5) is 48.3. The highest BCUT2D eigenvalue weighted by molar-refractivity contribution is 7.99. The van der Waals surface area contributed by atoms with E-state index in [4.69, 9.17) is 0 Å². The van der Waals surface area contributed by atoms with E-state index < -0.39 is 0 Å². The van der Waals surface area contributed by atoms with Gasteiger partial charge in [-0.2, -0.15) is 23.5 Å². The van der Waals surface area contributed by atoms with Crippen molar-refractivity contribution < 1.29 is 10.2 Å². The van der Waals surface area contributed by atoms with Gasteiger partial charge in [0.2, 0.25) is 0 Å². The normalized spacial score (nSPS) is 19.6. The van der Waals surface area contributed by atoms with Crippen LogP contribution in [0.4, 0.5) is 22.7 Å². The maximum Gasteiger partial charge on any atom is 0.258 e. The van der Waals surface area contributed by atoms with Gasteiger partial charge >= 0.3 is 0 Å². The first-order valence-electron chi connectivity index (χ1n) is 19.3. The maximum absolute atomic E-state index is 12.4. The third-order valence-corrected chi connectivity index (χ3v) is 13.2. The fourth-order valence-electron chi connectivity index (χ4n) is 7.23. The Morgan fingerprint density at radius 3 is 1.39 bits per heavy atom. The van der Waals surface area contributed by atoms with Crippen LogP contribution in [-0.4, -0.2) is 63.8 Å². The topological polar surface area (TPSA) is 182 Å². The molecule has 12 nitrogen and oxygen atoms in total. The molecule has 2 aliphatic carbocycles. The van der Waals surface area contributed by atoms with Gasteiger partial charge in [0.1, 0.15) is 11.6 Å². The van der Waals surface area contributed by atoms with Crippen molar-refractivity contribution in [2.75, 3.05) is 23.8 Å². The van der Waals surface area contributed by atoms with Gasteiger partial charge in [-0.15, -0.1) is 0 Å². The van der Waals surface area contributed by atoms with Crippen LogP contribution in [0.2, 0.25) is 0 Å². The van der Waals surface area contributed by atoms with Crippen LogP contribution >= 0.6 is 23.5 Å². The molecule has 0 radical (unpaired) electrons. The molecular formula is C42H48N8O4S2. The van der Waals surface area contributed by atoms with Crippen LogP contribution in [0.15, 0.2) is 95.0 Å². The van der Waals surface area contributed by atoms with E-state index in [-0.39, 0.29) is 11.1 Å². The van der Waals surface area contributed by atoms with Crippen molar-refractivity contribution in [2.45, 2.75) is 73.4 Å². The standard InChI is InChI=1S/2C21H24N4O2S/c2*26-12-14-3-6-17(7-4-14)28-13-20-24-19-10-15(5-8-18(19)21(27)25-20)23-16-2-1-9-22-11-16/h2*1-2,5,8-11,14,17,23,26H,3-4,6-7,12-13H2,(H,24,25,27). The highest BCUT2D eigenvalue weighted by Gasteiger charge is 2.22. The second-order valence-electron chi connectivity index (χ2n) is 14.5. The minimum Gasteiger partial charge on any atom is -0.396 e. The Morgan fingerprint density at radius 2 is 1.02 bits per heavy atom. The number of pyridine rings is 2. The molecule has 0 atom stereocenters. The van der Waals surface area contributed by atoms with Crippen LogP contribution in [-0.2, 0) is 11.5 Å². The van der Waals surface area contributed by atoms with Crippen LogP contribution in [0.1, 0.15) is 63.0 Å². The van der Waals surface area contributed by atoms with Gasteiger partial charge in [0.05, 0.1) is 57.1 Å². The summed E-state index contributed by atoms with van der Waals surface area (Å²) in [7, 11) is 0. The minimum atomic E-state index is -0.0995. The first-order chi connectivity index (χ1) is 27.4. The van der Waals surface area contributed by atoms with E-state index in [0.717, 1.165) is 74.1 Å². The van der Waals surface area contributed by atoms with Crippen molar-refractivity contribution in [3.63, 3.8) is 0 Å². The van der Waals surface area contributed by atoms with Crippen molar-refractivity contribution in [2.24, 2.45) is 11.8 Å². The molecule has 4 heterocycles. The van der Waals surface area contributed by atoms with Crippen molar-refractivity contribution in [1.29, 1.82) is 0 Å². The number of rotatable bonds is 12. The van der Waals surface area contributed by atoms with E-state index in [9.17, 15) is 19.8 Å². The van der Waals surface area contributed by atoms with Crippen molar-refractivity contribution in [3.8, 4) is 0 Å². The number of aliphatic hydroxyl groups is 2. The zero-order valence-electron chi connectivity index (χ0n) is 31.2. The lowest BCUT2D eigenvalue weighted by atomic mass is 9.90. The molecule has 0 aliphatic heterocycles. The predicted octanol–water partition coefficient (Wildman–Crippen LogP) is 7.69. The summed E-state index contributed by atoms with van der Waals surface area (Å²) in [5, 5.41) is 27.4. The average molecular weight is 793 g/mol. The number of H-pyrrole nitrogens is 2. The van der Waals surface area contributed by atoms with Crippen LogP contribution in [0, 0.1) is 11.8 Å². The molecule has 4 aromatic heterocycles. The molecule has 8 rings (SSSR count). The molecule has 6 aromatic rings. The molecule has 6 N–H and O–H groups in total. The summed E-state index contributed by atoms with van der Waals surface area (Å²) in [6.07, 6.45) is 15.8. The number of nitrogens with zero attached hydrogens (tertiary/aromatic N) is 4. The second-order valence-corrected chi connectivity index (χ2v) is 17.1. The van der Waals surface area contributed by atoms with Gasteiger partial charge in [-0.1, -0.05) is 0 Å². The van der Waals surface area contributed by atoms with Crippen LogP contribution < -0.4 is 21.8 Å². The van der Waals surface area contributed by atoms with Gasteiger partial charge in [-0.3, -0.25) is 19.6 Å². The summed E-state index contributed by atoms with van der Waals surface area (Å²) in [5.74, 6) is 3.73. The monoisotopic (exact) mass is 792 g/mol. The summed E-state index contributed by atoms with van der Waals surface area (Å²) in [6.45, 7) is 0.596. The Kier molecular flexibility index (Phi) is 13.7. The molecule has 0 unspecified atom stereocenters. The number of hydrogen-bond acceptors (Lipinski definition) is 12. The summed E-state index contributed by atoms with van der Waals surface area (Å²) in [5.41, 5.74) is 4.71. The molecular weight excluding hydrogens is 745 g/mol. The van der Waals surface area contributed by atoms with E-state index in [0.29, 0.717) is 80.5 Å². The fourth-order valence-corrected chi connectivity index (χ4v) is 9.50. The van der Waals surface area contributed by atoms with Crippen molar-refractivity contribution >= 4 is 68.1 Å².